The van der Waals surface area contributed by atoms with E-state index in [4.69, 9.17) is 0 Å². The molecule has 0 unspecified atom stereocenters. The van der Waals surface area contributed by atoms with Gasteiger partial charge in [-0.1, -0.05) is 18.2 Å². The molecule has 0 fully saturated rings. The summed E-state index contributed by atoms with van der Waals surface area (Å²) in [5, 5.41) is 1.73. The second-order valence-electron chi connectivity index (χ2n) is 1.73. The zero-order valence-corrected chi connectivity index (χ0v) is 8.23. The summed E-state index contributed by atoms with van der Waals surface area (Å²) in [6.07, 6.45) is 6.78. The molecule has 0 bridgehead atoms. The smallest absolute Gasteiger partial charge is 0.0289 e. The molecule has 0 saturated heterocycles. The molecule has 0 aromatic heterocycles. The zero-order valence-electron chi connectivity index (χ0n) is 4.23. The lowest BCUT2D eigenvalue weighted by Gasteiger charge is -2.09. The predicted molar refractivity (Wildman–Crippen MR) is 40.2 cm³/mol. The molecule has 1 aliphatic carbocycles. The Morgan fingerprint density at radius 1 is 1.50 bits per heavy atom. The van der Waals surface area contributed by atoms with Gasteiger partial charge in [-0.25, -0.2) is 0 Å². The van der Waals surface area contributed by atoms with E-state index >= 15 is 0 Å². The van der Waals surface area contributed by atoms with E-state index in [1.54, 1.807) is 5.20 Å². The Balaban J connectivity index is 2.19. The lowest BCUT2D eigenvalue weighted by molar-refractivity contribution is 1.73. The molecule has 35 valence electrons. The molecule has 8 heavy (non-hydrogen) atoms. The molecule has 0 nitrogen and oxygen atoms in total. The van der Waals surface area contributed by atoms with Crippen LogP contribution in [-0.2, 0) is 0 Å². The van der Waals surface area contributed by atoms with E-state index in [9.17, 15) is 0 Å². The van der Waals surface area contributed by atoms with Crippen LogP contribution in [0.5, 0.6) is 0 Å². The summed E-state index contributed by atoms with van der Waals surface area (Å²) in [6, 6.07) is 0. The summed E-state index contributed by atoms with van der Waals surface area (Å²) in [5.74, 6) is 0. The second-order valence-corrected chi connectivity index (χ2v) is 17.3. The van der Waals surface area contributed by atoms with Crippen molar-refractivity contribution in [1.82, 2.24) is 0 Å². The summed E-state index contributed by atoms with van der Waals surface area (Å²) in [4.78, 5) is 0. The number of hydrogen-bond acceptors (Lipinski definition) is 0. The van der Waals surface area contributed by atoms with Crippen molar-refractivity contribution in [1.29, 1.82) is 0 Å². The van der Waals surface area contributed by atoms with Gasteiger partial charge >= 0.3 is 0 Å². The molecule has 1 aliphatic heterocycles. The Labute approximate surface area is 55.6 Å². The lowest BCUT2D eigenvalue weighted by atomic mass is 10.3. The van der Waals surface area contributed by atoms with Gasteiger partial charge in [-0.05, 0) is 5.20 Å². The lowest BCUT2D eigenvalue weighted by Crippen LogP contribution is -2.28. The Kier molecular flexibility index (Phi) is 1.25. The average molecular weight is 163 g/mol. The van der Waals surface area contributed by atoms with E-state index in [0.717, 1.165) is 0 Å². The van der Waals surface area contributed by atoms with Crippen molar-refractivity contribution in [2.75, 3.05) is 0 Å². The molecule has 0 saturated carbocycles. The van der Waals surface area contributed by atoms with Gasteiger partial charge in [-0.15, -0.1) is 0 Å². The normalized spacial score (nSPS) is 21.0. The molecule has 0 amide bonds. The molecule has 2 rings (SSSR count). The Bertz CT molecular complexity index is 206. The third-order valence-electron chi connectivity index (χ3n) is 1.22. The minimum Gasteiger partial charge on any atom is -0.0619 e. The molecule has 1 heterocycles. The largest absolute Gasteiger partial charge is 0.0619 e. The van der Waals surface area contributed by atoms with E-state index in [2.05, 4.69) is 18.2 Å². The molecule has 2 aliphatic rings. The minimum atomic E-state index is 0.152. The minimum absolute atomic E-state index is 0.152. The fourth-order valence-electron chi connectivity index (χ4n) is 0.628. The zero-order chi connectivity index (χ0) is 5.40. The Hall–Kier alpha value is 0.348. The molecule has 0 N–H and O–H groups in total. The van der Waals surface area contributed by atoms with Crippen LogP contribution in [0.15, 0.2) is 23.4 Å². The van der Waals surface area contributed by atoms with E-state index in [0.29, 0.717) is 0 Å². The first-order chi connectivity index (χ1) is 3.97. The first-order valence-corrected chi connectivity index (χ1v) is 11.0. The van der Waals surface area contributed by atoms with Crippen molar-refractivity contribution in [3.63, 3.8) is 0 Å². The monoisotopic (exact) mass is 163 g/mol. The highest BCUT2D eigenvalue weighted by atomic mass is 29.8. The summed E-state index contributed by atoms with van der Waals surface area (Å²) in [7, 11) is 4.25. The van der Waals surface area contributed by atoms with Gasteiger partial charge in [-0.2, -0.15) is 0 Å². The molecule has 0 aromatic rings. The van der Waals surface area contributed by atoms with Gasteiger partial charge in [0, 0.05) is 31.8 Å². The molecule has 0 atom stereocenters. The van der Waals surface area contributed by atoms with Gasteiger partial charge in [-0.3, -0.25) is 0 Å². The maximum Gasteiger partial charge on any atom is 0.0289 e. The second kappa shape index (κ2) is 1.94. The Morgan fingerprint density at radius 2 is 2.25 bits per heavy atom. The number of hydrogen-bond donors (Lipinski definition) is 0. The van der Waals surface area contributed by atoms with Gasteiger partial charge in [0.2, 0.25) is 0 Å². The standard InChI is InChI=1S/C4H3Si4/c1-2-4(3-1)8-6-5-7-8/h1-3H. The molecule has 4 heteroatoms. The summed E-state index contributed by atoms with van der Waals surface area (Å²) >= 11 is 0. The van der Waals surface area contributed by atoms with Crippen molar-refractivity contribution >= 4 is 31.8 Å². The van der Waals surface area contributed by atoms with Crippen molar-refractivity contribution in [2.24, 2.45) is 0 Å². The van der Waals surface area contributed by atoms with Gasteiger partial charge in [0.05, 0.1) is 0 Å². The van der Waals surface area contributed by atoms with Crippen LogP contribution in [0.1, 0.15) is 0 Å². The van der Waals surface area contributed by atoms with Crippen molar-refractivity contribution in [3.05, 3.63) is 23.4 Å². The van der Waals surface area contributed by atoms with Gasteiger partial charge in [0.1, 0.15) is 0 Å². The molecular weight excluding hydrogens is 160 g/mol. The summed E-state index contributed by atoms with van der Waals surface area (Å²) < 4.78 is 0. The maximum atomic E-state index is 2.30. The van der Waals surface area contributed by atoms with Crippen molar-refractivity contribution < 1.29 is 0 Å². The van der Waals surface area contributed by atoms with E-state index in [-0.39, 0.29) is 7.41 Å². The van der Waals surface area contributed by atoms with Crippen LogP contribution in [0.2, 0.25) is 0 Å². The van der Waals surface area contributed by atoms with Crippen LogP contribution >= 0.6 is 0 Å². The van der Waals surface area contributed by atoms with Crippen LogP contribution in [0.3, 0.4) is 0 Å². The highest BCUT2D eigenvalue weighted by Crippen LogP contribution is 2.06. The third kappa shape index (κ3) is 0.679. The number of allylic oxidation sites excluding steroid dienone is 4. The molecular formula is C4H3Si4. The fourth-order valence-corrected chi connectivity index (χ4v) is 15.9. The van der Waals surface area contributed by atoms with Gasteiger partial charge in [0.25, 0.3) is 0 Å². The quantitative estimate of drug-likeness (QED) is 0.456. The van der Waals surface area contributed by atoms with Crippen LogP contribution in [0, 0.1) is 0 Å². The highest BCUT2D eigenvalue weighted by Gasteiger charge is 2.06. The van der Waals surface area contributed by atoms with Crippen molar-refractivity contribution in [2.45, 2.75) is 0 Å². The fraction of sp³-hybridized carbons (Fsp3) is 0. The highest BCUT2D eigenvalue weighted by molar-refractivity contribution is 7.54. The van der Waals surface area contributed by atoms with Gasteiger partial charge < -0.3 is 0 Å². The van der Waals surface area contributed by atoms with E-state index < -0.39 is 0 Å². The van der Waals surface area contributed by atoms with Crippen LogP contribution in [0.4, 0.5) is 0 Å². The predicted octanol–water partition coefficient (Wildman–Crippen LogP) is -0.534. The number of rotatable bonds is 1. The topological polar surface area (TPSA) is 0 Å². The maximum absolute atomic E-state index is 2.30. The Morgan fingerprint density at radius 3 is 2.38 bits per heavy atom. The third-order valence-corrected chi connectivity index (χ3v) is 27.1. The van der Waals surface area contributed by atoms with Crippen molar-refractivity contribution in [3.8, 4) is 0 Å². The van der Waals surface area contributed by atoms with Crippen LogP contribution in [-0.4, -0.2) is 31.8 Å². The first kappa shape index (κ1) is 5.16. The van der Waals surface area contributed by atoms with E-state index in [1.807, 2.05) is 0 Å². The van der Waals surface area contributed by atoms with Gasteiger partial charge in [0.15, 0.2) is 0 Å². The summed E-state index contributed by atoms with van der Waals surface area (Å²) in [6.45, 7) is 0. The SMILES string of the molecule is C1=CC([Si]2=[Si][Si]=[Si]2)=C1. The molecule has 3 radical (unpaired) electrons. The van der Waals surface area contributed by atoms with Crippen LogP contribution < -0.4 is 0 Å². The molecule has 0 spiro atoms. The van der Waals surface area contributed by atoms with Crippen LogP contribution in [0.25, 0.3) is 0 Å². The molecule has 0 aromatic carbocycles. The van der Waals surface area contributed by atoms with E-state index in [1.165, 1.54) is 24.4 Å². The average Bonchev–Trinajstić information content (AvgIpc) is 1.47. The first-order valence-electron chi connectivity index (χ1n) is 2.49. The summed E-state index contributed by atoms with van der Waals surface area (Å²) in [5.41, 5.74) is 0.